The lowest BCUT2D eigenvalue weighted by Crippen LogP contribution is -2.31. The van der Waals surface area contributed by atoms with Gasteiger partial charge < -0.3 is 15.8 Å². The van der Waals surface area contributed by atoms with Crippen molar-refractivity contribution in [1.82, 2.24) is 5.32 Å². The lowest BCUT2D eigenvalue weighted by Gasteiger charge is -2.21. The molecule has 1 amide bonds. The summed E-state index contributed by atoms with van der Waals surface area (Å²) in [6.07, 6.45) is 7.70. The fourth-order valence-corrected chi connectivity index (χ4v) is 1.85. The molecule has 15 heavy (non-hydrogen) atoms. The minimum absolute atomic E-state index is 0.0729. The normalized spacial score (nSPS) is 17.7. The van der Waals surface area contributed by atoms with Gasteiger partial charge in [0, 0.05) is 13.2 Å². The number of carbonyl (C=O) groups excluding carboxylic acids is 1. The van der Waals surface area contributed by atoms with Crippen LogP contribution in [0.3, 0.4) is 0 Å². The van der Waals surface area contributed by atoms with Crippen LogP contribution in [0, 0.1) is 0 Å². The first-order valence-corrected chi connectivity index (χ1v) is 5.91. The lowest BCUT2D eigenvalue weighted by atomic mass is 9.98. The van der Waals surface area contributed by atoms with E-state index in [1.165, 1.54) is 32.1 Å². The van der Waals surface area contributed by atoms with E-state index in [0.717, 1.165) is 13.0 Å². The first-order valence-electron chi connectivity index (χ1n) is 5.91. The molecule has 0 heterocycles. The van der Waals surface area contributed by atoms with Crippen LogP contribution in [-0.2, 0) is 9.53 Å². The summed E-state index contributed by atoms with van der Waals surface area (Å²) < 4.78 is 5.72. The number of nitrogens with one attached hydrogen (secondary N) is 1. The van der Waals surface area contributed by atoms with Gasteiger partial charge in [-0.05, 0) is 19.3 Å². The summed E-state index contributed by atoms with van der Waals surface area (Å²) in [6.45, 7) is 1.49. The van der Waals surface area contributed by atoms with E-state index in [1.807, 2.05) is 0 Å². The van der Waals surface area contributed by atoms with Crippen LogP contribution in [0.2, 0.25) is 0 Å². The second-order valence-electron chi connectivity index (χ2n) is 4.04. The maximum Gasteiger partial charge on any atom is 0.233 e. The SMILES string of the molecule is NCC(=O)NCCCOC1CCCCC1. The Hall–Kier alpha value is -0.610. The van der Waals surface area contributed by atoms with Gasteiger partial charge in [0.05, 0.1) is 12.6 Å². The Morgan fingerprint density at radius 1 is 1.33 bits per heavy atom. The minimum atomic E-state index is -0.0901. The molecule has 88 valence electrons. The average Bonchev–Trinajstić information content (AvgIpc) is 2.29. The van der Waals surface area contributed by atoms with E-state index in [4.69, 9.17) is 10.5 Å². The molecule has 1 saturated carbocycles. The van der Waals surface area contributed by atoms with Gasteiger partial charge in [-0.2, -0.15) is 0 Å². The number of hydrogen-bond donors (Lipinski definition) is 2. The molecule has 0 radical (unpaired) electrons. The van der Waals surface area contributed by atoms with Crippen LogP contribution >= 0.6 is 0 Å². The van der Waals surface area contributed by atoms with Gasteiger partial charge in [0.2, 0.25) is 5.91 Å². The third-order valence-electron chi connectivity index (χ3n) is 2.73. The quantitative estimate of drug-likeness (QED) is 0.643. The molecule has 0 saturated heterocycles. The minimum Gasteiger partial charge on any atom is -0.378 e. The lowest BCUT2D eigenvalue weighted by molar-refractivity contribution is -0.119. The van der Waals surface area contributed by atoms with Gasteiger partial charge in [-0.25, -0.2) is 0 Å². The zero-order chi connectivity index (χ0) is 10.9. The third kappa shape index (κ3) is 5.74. The Morgan fingerprint density at radius 3 is 2.73 bits per heavy atom. The predicted molar refractivity (Wildman–Crippen MR) is 59.5 cm³/mol. The Kier molecular flexibility index (Phi) is 6.36. The summed E-state index contributed by atoms with van der Waals surface area (Å²) in [5, 5.41) is 2.73. The monoisotopic (exact) mass is 214 g/mol. The molecule has 0 spiro atoms. The van der Waals surface area contributed by atoms with Gasteiger partial charge >= 0.3 is 0 Å². The van der Waals surface area contributed by atoms with Gasteiger partial charge in [-0.15, -0.1) is 0 Å². The maximum atomic E-state index is 10.8. The zero-order valence-corrected chi connectivity index (χ0v) is 9.34. The zero-order valence-electron chi connectivity index (χ0n) is 9.34. The summed E-state index contributed by atoms with van der Waals surface area (Å²) in [5.74, 6) is -0.0901. The van der Waals surface area contributed by atoms with Crippen molar-refractivity contribution in [3.8, 4) is 0 Å². The van der Waals surface area contributed by atoms with Gasteiger partial charge in [-0.3, -0.25) is 4.79 Å². The number of carbonyl (C=O) groups is 1. The molecular formula is C11H22N2O2. The van der Waals surface area contributed by atoms with Crippen molar-refractivity contribution < 1.29 is 9.53 Å². The van der Waals surface area contributed by atoms with Crippen LogP contribution in [0.5, 0.6) is 0 Å². The highest BCUT2D eigenvalue weighted by molar-refractivity contribution is 5.77. The van der Waals surface area contributed by atoms with E-state index in [1.54, 1.807) is 0 Å². The average molecular weight is 214 g/mol. The molecule has 0 aromatic carbocycles. The Morgan fingerprint density at radius 2 is 2.07 bits per heavy atom. The van der Waals surface area contributed by atoms with Gasteiger partial charge in [0.25, 0.3) is 0 Å². The molecular weight excluding hydrogens is 192 g/mol. The highest BCUT2D eigenvalue weighted by atomic mass is 16.5. The molecule has 0 atom stereocenters. The van der Waals surface area contributed by atoms with E-state index >= 15 is 0 Å². The van der Waals surface area contributed by atoms with Crippen molar-refractivity contribution in [3.05, 3.63) is 0 Å². The maximum absolute atomic E-state index is 10.8. The molecule has 0 bridgehead atoms. The van der Waals surface area contributed by atoms with Crippen LogP contribution in [0.4, 0.5) is 0 Å². The first kappa shape index (κ1) is 12.5. The predicted octanol–water partition coefficient (Wildman–Crippen LogP) is 0.801. The van der Waals surface area contributed by atoms with Crippen molar-refractivity contribution in [1.29, 1.82) is 0 Å². The van der Waals surface area contributed by atoms with E-state index in [2.05, 4.69) is 5.32 Å². The molecule has 4 nitrogen and oxygen atoms in total. The number of amides is 1. The number of nitrogens with two attached hydrogens (primary N) is 1. The summed E-state index contributed by atoms with van der Waals surface area (Å²) in [5.41, 5.74) is 5.16. The van der Waals surface area contributed by atoms with E-state index < -0.39 is 0 Å². The summed E-state index contributed by atoms with van der Waals surface area (Å²) in [6, 6.07) is 0. The molecule has 1 rings (SSSR count). The Balaban J connectivity index is 1.89. The fraction of sp³-hybridized carbons (Fsp3) is 0.909. The summed E-state index contributed by atoms with van der Waals surface area (Å²) >= 11 is 0. The van der Waals surface area contributed by atoms with Crippen molar-refractivity contribution in [3.63, 3.8) is 0 Å². The number of hydrogen-bond acceptors (Lipinski definition) is 3. The highest BCUT2D eigenvalue weighted by Gasteiger charge is 2.12. The van der Waals surface area contributed by atoms with Crippen molar-refractivity contribution in [2.24, 2.45) is 5.73 Å². The second-order valence-corrected chi connectivity index (χ2v) is 4.04. The highest BCUT2D eigenvalue weighted by Crippen LogP contribution is 2.20. The molecule has 1 aliphatic rings. The van der Waals surface area contributed by atoms with Crippen molar-refractivity contribution in [2.45, 2.75) is 44.6 Å². The molecule has 0 unspecified atom stereocenters. The van der Waals surface area contributed by atoms with Crippen LogP contribution < -0.4 is 11.1 Å². The number of rotatable bonds is 6. The van der Waals surface area contributed by atoms with Gasteiger partial charge in [0.1, 0.15) is 0 Å². The van der Waals surface area contributed by atoms with E-state index in [0.29, 0.717) is 12.6 Å². The van der Waals surface area contributed by atoms with E-state index in [9.17, 15) is 4.79 Å². The fourth-order valence-electron chi connectivity index (χ4n) is 1.85. The van der Waals surface area contributed by atoms with Crippen LogP contribution in [-0.4, -0.2) is 31.7 Å². The summed E-state index contributed by atoms with van der Waals surface area (Å²) in [4.78, 5) is 10.8. The second kappa shape index (κ2) is 7.65. The third-order valence-corrected chi connectivity index (χ3v) is 2.73. The van der Waals surface area contributed by atoms with E-state index in [-0.39, 0.29) is 12.5 Å². The van der Waals surface area contributed by atoms with Gasteiger partial charge in [0.15, 0.2) is 0 Å². The molecule has 3 N–H and O–H groups in total. The molecule has 0 aromatic heterocycles. The van der Waals surface area contributed by atoms with Crippen LogP contribution in [0.15, 0.2) is 0 Å². The Bertz CT molecular complexity index is 179. The topological polar surface area (TPSA) is 64.4 Å². The number of ether oxygens (including phenoxy) is 1. The van der Waals surface area contributed by atoms with Crippen molar-refractivity contribution in [2.75, 3.05) is 19.7 Å². The molecule has 1 fully saturated rings. The Labute approximate surface area is 91.5 Å². The molecule has 4 heteroatoms. The summed E-state index contributed by atoms with van der Waals surface area (Å²) in [7, 11) is 0. The van der Waals surface area contributed by atoms with Crippen LogP contribution in [0.1, 0.15) is 38.5 Å². The van der Waals surface area contributed by atoms with Crippen molar-refractivity contribution >= 4 is 5.91 Å². The molecule has 1 aliphatic carbocycles. The molecule has 0 aliphatic heterocycles. The molecule has 0 aromatic rings. The van der Waals surface area contributed by atoms with Gasteiger partial charge in [-0.1, -0.05) is 19.3 Å². The van der Waals surface area contributed by atoms with Crippen LogP contribution in [0.25, 0.3) is 0 Å². The largest absolute Gasteiger partial charge is 0.378 e. The standard InChI is InChI=1S/C11H22N2O2/c12-9-11(14)13-7-4-8-15-10-5-2-1-3-6-10/h10H,1-9,12H2,(H,13,14). The smallest absolute Gasteiger partial charge is 0.233 e. The first-order chi connectivity index (χ1) is 7.33.